The third-order valence-electron chi connectivity index (χ3n) is 2.67. The number of hydrogen-bond acceptors (Lipinski definition) is 3. The van der Waals surface area contributed by atoms with Gasteiger partial charge >= 0.3 is 0 Å². The summed E-state index contributed by atoms with van der Waals surface area (Å²) in [4.78, 5) is 8.85. The maximum absolute atomic E-state index is 5.88. The number of nitrogens with one attached hydrogen (secondary N) is 1. The fourth-order valence-corrected chi connectivity index (χ4v) is 1.85. The molecule has 1 aromatic heterocycles. The predicted molar refractivity (Wildman–Crippen MR) is 79.0 cm³/mol. The highest BCUT2D eigenvalue weighted by atomic mass is 35.5. The van der Waals surface area contributed by atoms with Crippen molar-refractivity contribution in [1.29, 1.82) is 0 Å². The third kappa shape index (κ3) is 4.30. The first-order valence-corrected chi connectivity index (χ1v) is 6.81. The maximum atomic E-state index is 5.88. The fraction of sp³-hybridized carbons (Fsp3) is 0.333. The molecule has 19 heavy (non-hydrogen) atoms. The second-order valence-corrected chi connectivity index (χ2v) is 5.34. The van der Waals surface area contributed by atoms with E-state index < -0.39 is 0 Å². The summed E-state index contributed by atoms with van der Waals surface area (Å²) in [6.07, 6.45) is 1.79. The maximum Gasteiger partial charge on any atom is 0.159 e. The van der Waals surface area contributed by atoms with E-state index in [-0.39, 0.29) is 0 Å². The Hall–Kier alpha value is -1.45. The first kappa shape index (κ1) is 14.0. The van der Waals surface area contributed by atoms with Gasteiger partial charge in [-0.25, -0.2) is 9.97 Å². The molecule has 2 aromatic rings. The van der Waals surface area contributed by atoms with E-state index in [1.807, 2.05) is 30.3 Å². The molecule has 0 radical (unpaired) electrons. The predicted octanol–water partition coefficient (Wildman–Crippen LogP) is 3.54. The van der Waals surface area contributed by atoms with Gasteiger partial charge in [-0.3, -0.25) is 0 Å². The summed E-state index contributed by atoms with van der Waals surface area (Å²) in [7, 11) is 0. The molecule has 3 nitrogen and oxygen atoms in total. The van der Waals surface area contributed by atoms with Gasteiger partial charge in [0.1, 0.15) is 0 Å². The van der Waals surface area contributed by atoms with E-state index in [0.29, 0.717) is 5.92 Å². The van der Waals surface area contributed by atoms with Crippen molar-refractivity contribution in [3.63, 3.8) is 0 Å². The van der Waals surface area contributed by atoms with Crippen LogP contribution in [0.3, 0.4) is 0 Å². The molecule has 4 heteroatoms. The molecule has 0 aliphatic heterocycles. The van der Waals surface area contributed by atoms with Crippen molar-refractivity contribution in [3.8, 4) is 11.4 Å². The molecule has 100 valence electrons. The standard InChI is InChI=1S/C15H18ClN3/c1-11(2)9-17-10-14-7-8-18-15(19-14)12-3-5-13(16)6-4-12/h3-8,11,17H,9-10H2,1-2H3. The first-order chi connectivity index (χ1) is 9.15. The average molecular weight is 276 g/mol. The topological polar surface area (TPSA) is 37.8 Å². The number of hydrogen-bond donors (Lipinski definition) is 1. The van der Waals surface area contributed by atoms with Gasteiger partial charge in [0.25, 0.3) is 0 Å². The van der Waals surface area contributed by atoms with Gasteiger partial charge in [-0.15, -0.1) is 0 Å². The molecule has 2 rings (SSSR count). The van der Waals surface area contributed by atoms with Crippen LogP contribution in [-0.4, -0.2) is 16.5 Å². The lowest BCUT2D eigenvalue weighted by Crippen LogP contribution is -2.19. The molecule has 1 N–H and O–H groups in total. The molecule has 0 amide bonds. The largest absolute Gasteiger partial charge is 0.311 e. The van der Waals surface area contributed by atoms with E-state index in [4.69, 9.17) is 11.6 Å². The molecule has 0 aliphatic carbocycles. The Labute approximate surface area is 119 Å². The van der Waals surface area contributed by atoms with Crippen LogP contribution >= 0.6 is 11.6 Å². The zero-order valence-electron chi connectivity index (χ0n) is 11.2. The molecule has 0 spiro atoms. The molecule has 0 atom stereocenters. The number of rotatable bonds is 5. The molecule has 0 bridgehead atoms. The normalized spacial score (nSPS) is 10.9. The van der Waals surface area contributed by atoms with Crippen LogP contribution in [0, 0.1) is 5.92 Å². The van der Waals surface area contributed by atoms with Gasteiger partial charge in [-0.05, 0) is 42.8 Å². The summed E-state index contributed by atoms with van der Waals surface area (Å²) in [6.45, 7) is 6.12. The van der Waals surface area contributed by atoms with Gasteiger partial charge in [-0.1, -0.05) is 25.4 Å². The SMILES string of the molecule is CC(C)CNCc1ccnc(-c2ccc(Cl)cc2)n1. The molecule has 0 saturated heterocycles. The van der Waals surface area contributed by atoms with E-state index in [1.54, 1.807) is 6.20 Å². The lowest BCUT2D eigenvalue weighted by Gasteiger charge is -2.07. The molecule has 0 fully saturated rings. The minimum atomic E-state index is 0.637. The minimum absolute atomic E-state index is 0.637. The molecule has 1 heterocycles. The average Bonchev–Trinajstić information content (AvgIpc) is 2.39. The van der Waals surface area contributed by atoms with E-state index in [0.717, 1.165) is 35.2 Å². The molecular formula is C15H18ClN3. The van der Waals surface area contributed by atoms with Gasteiger partial charge in [-0.2, -0.15) is 0 Å². The lowest BCUT2D eigenvalue weighted by molar-refractivity contribution is 0.548. The summed E-state index contributed by atoms with van der Waals surface area (Å²) in [6, 6.07) is 9.51. The summed E-state index contributed by atoms with van der Waals surface area (Å²) in [5, 5.41) is 4.10. The smallest absolute Gasteiger partial charge is 0.159 e. The van der Waals surface area contributed by atoms with E-state index >= 15 is 0 Å². The summed E-state index contributed by atoms with van der Waals surface area (Å²) >= 11 is 5.88. The Balaban J connectivity index is 2.08. The number of benzene rings is 1. The Morgan fingerprint density at radius 3 is 2.58 bits per heavy atom. The highest BCUT2D eigenvalue weighted by Gasteiger charge is 2.03. The van der Waals surface area contributed by atoms with E-state index in [9.17, 15) is 0 Å². The highest BCUT2D eigenvalue weighted by Crippen LogP contribution is 2.17. The Bertz CT molecular complexity index is 523. The van der Waals surface area contributed by atoms with Crippen LogP contribution in [0.15, 0.2) is 36.5 Å². The van der Waals surface area contributed by atoms with Gasteiger partial charge in [0.2, 0.25) is 0 Å². The Morgan fingerprint density at radius 1 is 1.16 bits per heavy atom. The summed E-state index contributed by atoms with van der Waals surface area (Å²) < 4.78 is 0. The number of aromatic nitrogens is 2. The zero-order valence-corrected chi connectivity index (χ0v) is 12.0. The van der Waals surface area contributed by atoms with Crippen molar-refractivity contribution in [2.45, 2.75) is 20.4 Å². The van der Waals surface area contributed by atoms with Crippen molar-refractivity contribution in [2.24, 2.45) is 5.92 Å². The van der Waals surface area contributed by atoms with Gasteiger partial charge in [0.05, 0.1) is 5.69 Å². The van der Waals surface area contributed by atoms with E-state index in [1.165, 1.54) is 0 Å². The molecule has 0 saturated carbocycles. The number of nitrogens with zero attached hydrogens (tertiary/aromatic N) is 2. The molecular weight excluding hydrogens is 258 g/mol. The van der Waals surface area contributed by atoms with Crippen LogP contribution in [0.25, 0.3) is 11.4 Å². The van der Waals surface area contributed by atoms with Crippen molar-refractivity contribution >= 4 is 11.6 Å². The Kier molecular flexibility index (Phi) is 4.88. The molecule has 1 aromatic carbocycles. The van der Waals surface area contributed by atoms with Crippen molar-refractivity contribution in [2.75, 3.05) is 6.54 Å². The van der Waals surface area contributed by atoms with Crippen LogP contribution in [0.1, 0.15) is 19.5 Å². The first-order valence-electron chi connectivity index (χ1n) is 6.43. The minimum Gasteiger partial charge on any atom is -0.311 e. The van der Waals surface area contributed by atoms with Gasteiger partial charge in [0.15, 0.2) is 5.82 Å². The van der Waals surface area contributed by atoms with Gasteiger partial charge < -0.3 is 5.32 Å². The summed E-state index contributed by atoms with van der Waals surface area (Å²) in [5.41, 5.74) is 1.98. The van der Waals surface area contributed by atoms with Crippen molar-refractivity contribution < 1.29 is 0 Å². The van der Waals surface area contributed by atoms with Gasteiger partial charge in [0, 0.05) is 23.3 Å². The van der Waals surface area contributed by atoms with Crippen LogP contribution in [0.5, 0.6) is 0 Å². The van der Waals surface area contributed by atoms with Crippen molar-refractivity contribution in [1.82, 2.24) is 15.3 Å². The summed E-state index contributed by atoms with van der Waals surface area (Å²) in [5.74, 6) is 1.37. The monoisotopic (exact) mass is 275 g/mol. The lowest BCUT2D eigenvalue weighted by atomic mass is 10.2. The zero-order chi connectivity index (χ0) is 13.7. The van der Waals surface area contributed by atoms with E-state index in [2.05, 4.69) is 29.1 Å². The molecule has 0 aliphatic rings. The van der Waals surface area contributed by atoms with Crippen molar-refractivity contribution in [3.05, 3.63) is 47.2 Å². The van der Waals surface area contributed by atoms with Crippen LogP contribution in [0.4, 0.5) is 0 Å². The molecule has 0 unspecified atom stereocenters. The Morgan fingerprint density at radius 2 is 1.89 bits per heavy atom. The second-order valence-electron chi connectivity index (χ2n) is 4.90. The number of halogens is 1. The van der Waals surface area contributed by atoms with Crippen LogP contribution < -0.4 is 5.32 Å². The quantitative estimate of drug-likeness (QED) is 0.907. The second kappa shape index (κ2) is 6.64. The van der Waals surface area contributed by atoms with Crippen LogP contribution in [-0.2, 0) is 6.54 Å². The van der Waals surface area contributed by atoms with Crippen LogP contribution in [0.2, 0.25) is 5.02 Å². The third-order valence-corrected chi connectivity index (χ3v) is 2.93. The fourth-order valence-electron chi connectivity index (χ4n) is 1.72. The highest BCUT2D eigenvalue weighted by molar-refractivity contribution is 6.30.